The topological polar surface area (TPSA) is 102 Å². The molecule has 0 aliphatic carbocycles. The summed E-state index contributed by atoms with van der Waals surface area (Å²) in [5.41, 5.74) is 0. The molecule has 0 aromatic carbocycles. The van der Waals surface area contributed by atoms with Crippen LogP contribution < -0.4 is 0 Å². The third-order valence-corrected chi connectivity index (χ3v) is 14.1. The van der Waals surface area contributed by atoms with Crippen molar-refractivity contribution in [2.75, 3.05) is 72.7 Å². The standard InChI is InChI=1S/C8H20O4Si.C7H18O3Si.4C4H9O.Ti/c1-5-9-13(10-6-2,11-7-3)12-8-4;1-5-8-11(4,9-6-2)10-7-3;4*1-2-3-4-5;/h5-8H2,1-4H3;5-7H2,1-4H3;4*2-4H2,1H3;/q;;4*-1;+4. The molecule has 0 fully saturated rings. The third kappa shape index (κ3) is 29.4. The van der Waals surface area contributed by atoms with Crippen LogP contribution in [0.5, 0.6) is 0 Å². The molecule has 0 spiro atoms. The molecule has 0 aliphatic rings. The molecule has 0 amide bonds. The van der Waals surface area contributed by atoms with Crippen LogP contribution in [0.25, 0.3) is 0 Å². The second-order valence-electron chi connectivity index (χ2n) is 9.70. The molecule has 0 saturated carbocycles. The molecular formula is C31H74O11Si2Ti. The summed E-state index contributed by atoms with van der Waals surface area (Å²) in [4.78, 5) is 0. The van der Waals surface area contributed by atoms with Crippen LogP contribution in [0, 0.1) is 0 Å². The van der Waals surface area contributed by atoms with E-state index in [1.165, 1.54) is 0 Å². The van der Waals surface area contributed by atoms with E-state index in [0.717, 1.165) is 51.4 Å². The van der Waals surface area contributed by atoms with Crippen molar-refractivity contribution < 1.29 is 62.4 Å². The summed E-state index contributed by atoms with van der Waals surface area (Å²) in [6, 6.07) is 0. The normalized spacial score (nSPS) is 12.0. The van der Waals surface area contributed by atoms with Crippen LogP contribution in [0.3, 0.4) is 0 Å². The van der Waals surface area contributed by atoms with Crippen molar-refractivity contribution in [3.63, 3.8) is 0 Å². The van der Waals surface area contributed by atoms with Gasteiger partial charge in [0, 0.05) is 52.8 Å². The maximum Gasteiger partial charge on any atom is 0.679 e. The van der Waals surface area contributed by atoms with Gasteiger partial charge in [-0.15, -0.1) is 0 Å². The molecule has 0 heterocycles. The average molecular weight is 727 g/mol. The van der Waals surface area contributed by atoms with Gasteiger partial charge in [-0.3, -0.25) is 0 Å². The number of rotatable bonds is 30. The first-order chi connectivity index (χ1) is 21.7. The van der Waals surface area contributed by atoms with Crippen LogP contribution in [0.1, 0.15) is 128 Å². The van der Waals surface area contributed by atoms with Gasteiger partial charge in [0.2, 0.25) is 0 Å². The Kier molecular flexibility index (Phi) is 40.1. The average Bonchev–Trinajstić information content (AvgIpc) is 2.99. The van der Waals surface area contributed by atoms with Gasteiger partial charge in [-0.25, -0.2) is 0 Å². The fourth-order valence-electron chi connectivity index (χ4n) is 3.48. The summed E-state index contributed by atoms with van der Waals surface area (Å²) >= 11 is -3.52. The maximum atomic E-state index is 6.03. The van der Waals surface area contributed by atoms with Gasteiger partial charge in [0.15, 0.2) is 0 Å². The molecule has 276 valence electrons. The van der Waals surface area contributed by atoms with Crippen molar-refractivity contribution in [3.8, 4) is 0 Å². The van der Waals surface area contributed by atoms with Crippen molar-refractivity contribution >= 4 is 17.9 Å². The fourth-order valence-corrected chi connectivity index (χ4v) is 10.5. The van der Waals surface area contributed by atoms with E-state index in [9.17, 15) is 0 Å². The van der Waals surface area contributed by atoms with Crippen molar-refractivity contribution in [1.82, 2.24) is 0 Å². The van der Waals surface area contributed by atoms with Crippen LogP contribution in [0.2, 0.25) is 6.55 Å². The second-order valence-corrected chi connectivity index (χ2v) is 17.8. The first kappa shape index (κ1) is 50.1. The second kappa shape index (κ2) is 36.0. The molecule has 0 bridgehead atoms. The molecule has 0 radical (unpaired) electrons. The van der Waals surface area contributed by atoms with Gasteiger partial charge in [-0.05, 0) is 48.5 Å². The molecule has 0 aromatic heterocycles. The third-order valence-electron chi connectivity index (χ3n) is 5.61. The quantitative estimate of drug-likeness (QED) is 0.0528. The number of hydrogen-bond donors (Lipinski definition) is 0. The van der Waals surface area contributed by atoms with Crippen LogP contribution in [0.15, 0.2) is 0 Å². The summed E-state index contributed by atoms with van der Waals surface area (Å²) in [6.07, 6.45) is 8.54. The zero-order valence-corrected chi connectivity index (χ0v) is 35.0. The minimum Gasteiger partial charge on any atom is -0.374 e. The van der Waals surface area contributed by atoms with Crippen LogP contribution in [-0.2, 0) is 62.4 Å². The Morgan fingerprint density at radius 2 is 0.578 bits per heavy atom. The Morgan fingerprint density at radius 3 is 0.756 bits per heavy atom. The van der Waals surface area contributed by atoms with Crippen LogP contribution >= 0.6 is 0 Å². The van der Waals surface area contributed by atoms with E-state index in [0.29, 0.717) is 72.7 Å². The molecule has 11 nitrogen and oxygen atoms in total. The van der Waals surface area contributed by atoms with E-state index in [-0.39, 0.29) is 0 Å². The minimum absolute atomic E-state index is 0.548. The van der Waals surface area contributed by atoms with Gasteiger partial charge in [0.05, 0.1) is 0 Å². The fraction of sp³-hybridized carbons (Fsp3) is 1.00. The summed E-state index contributed by atoms with van der Waals surface area (Å²) in [7, 11) is -5.04. The minimum atomic E-state index is -3.52. The predicted octanol–water partition coefficient (Wildman–Crippen LogP) is 8.30. The SMILES string of the molecule is CCCC[O][Ti]([O]CCCC)([O]CCCC)[O]CCCC.CCO[Si](C)(OCC)OCC.CCO[Si](OCC)(OCC)OCC. The monoisotopic (exact) mass is 726 g/mol. The van der Waals surface area contributed by atoms with Gasteiger partial charge in [0.1, 0.15) is 0 Å². The first-order valence-electron chi connectivity index (χ1n) is 17.7. The smallest absolute Gasteiger partial charge is 0.374 e. The summed E-state index contributed by atoms with van der Waals surface area (Å²) < 4.78 is 62.0. The number of unbranched alkanes of at least 4 members (excludes halogenated alkanes) is 4. The maximum absolute atomic E-state index is 6.03. The Balaban J connectivity index is -0.000000631. The number of hydrogen-bond acceptors (Lipinski definition) is 11. The molecule has 14 heteroatoms. The summed E-state index contributed by atoms with van der Waals surface area (Å²) in [5.74, 6) is 0. The van der Waals surface area contributed by atoms with Gasteiger partial charge in [-0.2, -0.15) is 0 Å². The summed E-state index contributed by atoms with van der Waals surface area (Å²) in [5, 5.41) is 0. The van der Waals surface area contributed by atoms with Crippen LogP contribution in [0.4, 0.5) is 0 Å². The molecule has 0 aliphatic heterocycles. The molecule has 45 heavy (non-hydrogen) atoms. The molecule has 0 unspecified atom stereocenters. The molecule has 0 N–H and O–H groups in total. The largest absolute Gasteiger partial charge is 0.679 e. The first-order valence-corrected chi connectivity index (χ1v) is 24.1. The van der Waals surface area contributed by atoms with Gasteiger partial charge >= 0.3 is 155 Å². The molecular weight excluding hydrogens is 652 g/mol. The van der Waals surface area contributed by atoms with Crippen molar-refractivity contribution in [2.24, 2.45) is 0 Å². The zero-order valence-electron chi connectivity index (χ0n) is 31.4. The van der Waals surface area contributed by atoms with Gasteiger partial charge < -0.3 is 31.0 Å². The predicted molar refractivity (Wildman–Crippen MR) is 182 cm³/mol. The molecule has 0 atom stereocenters. The summed E-state index contributed by atoms with van der Waals surface area (Å²) in [6.45, 7) is 30.9. The Hall–Kier alpha value is 0.708. The Bertz CT molecular complexity index is 492. The van der Waals surface area contributed by atoms with E-state index >= 15 is 0 Å². The van der Waals surface area contributed by atoms with Gasteiger partial charge in [-0.1, -0.05) is 0 Å². The molecule has 0 saturated heterocycles. The molecule has 0 aromatic rings. The Morgan fingerprint density at radius 1 is 0.356 bits per heavy atom. The zero-order chi connectivity index (χ0) is 34.7. The van der Waals surface area contributed by atoms with Crippen LogP contribution in [-0.4, -0.2) is 90.5 Å². The van der Waals surface area contributed by atoms with E-state index in [1.807, 2.05) is 55.0 Å². The van der Waals surface area contributed by atoms with Crippen molar-refractivity contribution in [1.29, 1.82) is 0 Å². The van der Waals surface area contributed by atoms with Crippen molar-refractivity contribution in [3.05, 3.63) is 0 Å². The van der Waals surface area contributed by atoms with E-state index in [4.69, 9.17) is 44.3 Å². The van der Waals surface area contributed by atoms with Crippen molar-refractivity contribution in [2.45, 2.75) is 134 Å². The molecule has 0 rings (SSSR count). The van der Waals surface area contributed by atoms with E-state index in [2.05, 4.69) is 27.7 Å². The van der Waals surface area contributed by atoms with E-state index < -0.39 is 36.0 Å². The Labute approximate surface area is 286 Å². The van der Waals surface area contributed by atoms with Gasteiger partial charge in [0.25, 0.3) is 0 Å². The van der Waals surface area contributed by atoms with E-state index in [1.54, 1.807) is 0 Å².